The lowest BCUT2D eigenvalue weighted by Crippen LogP contribution is -2.42. The predicted molar refractivity (Wildman–Crippen MR) is 91.4 cm³/mol. The van der Waals surface area contributed by atoms with Crippen LogP contribution in [0.4, 0.5) is 13.2 Å². The molecule has 3 rings (SSSR count). The number of nitrogens with one attached hydrogen (secondary N) is 1. The maximum absolute atomic E-state index is 12.8. The minimum absolute atomic E-state index is 0.223. The summed E-state index contributed by atoms with van der Waals surface area (Å²) in [6.45, 7) is 4.33. The van der Waals surface area contributed by atoms with E-state index in [0.717, 1.165) is 43.9 Å². The van der Waals surface area contributed by atoms with Crippen LogP contribution in [0.5, 0.6) is 0 Å². The summed E-state index contributed by atoms with van der Waals surface area (Å²) in [5, 5.41) is 7.93. The fourth-order valence-electron chi connectivity index (χ4n) is 3.26. The molecule has 1 unspecified atom stereocenters. The van der Waals surface area contributed by atoms with Gasteiger partial charge in [0.1, 0.15) is 5.82 Å². The van der Waals surface area contributed by atoms with Crippen molar-refractivity contribution in [3.63, 3.8) is 0 Å². The van der Waals surface area contributed by atoms with E-state index in [1.807, 2.05) is 0 Å². The Morgan fingerprint density at radius 2 is 2.00 bits per heavy atom. The second-order valence-electron chi connectivity index (χ2n) is 6.89. The molecular weight excluding hydrogens is 345 g/mol. The van der Waals surface area contributed by atoms with E-state index in [1.165, 1.54) is 12.1 Å². The van der Waals surface area contributed by atoms with Gasteiger partial charge in [0.2, 0.25) is 0 Å². The molecule has 0 radical (unpaired) electrons. The molecule has 0 aliphatic carbocycles. The number of benzene rings is 1. The van der Waals surface area contributed by atoms with E-state index >= 15 is 0 Å². The average Bonchev–Trinajstić information content (AvgIpc) is 3.05. The van der Waals surface area contributed by atoms with Crippen LogP contribution in [0.3, 0.4) is 0 Å². The molecule has 0 spiro atoms. The molecule has 1 aromatic carbocycles. The fraction of sp³-hybridized carbons (Fsp3) is 0.556. The van der Waals surface area contributed by atoms with E-state index in [2.05, 4.69) is 17.3 Å². The zero-order valence-electron chi connectivity index (χ0n) is 14.9. The van der Waals surface area contributed by atoms with E-state index in [9.17, 15) is 13.2 Å². The van der Waals surface area contributed by atoms with Gasteiger partial charge in [0.15, 0.2) is 5.82 Å². The lowest BCUT2D eigenvalue weighted by Gasteiger charge is -2.33. The maximum Gasteiger partial charge on any atom is 0.416 e. The topological polar surface area (TPSA) is 52.0 Å². The first-order valence-electron chi connectivity index (χ1n) is 8.67. The minimum Gasteiger partial charge on any atom is -0.384 e. The van der Waals surface area contributed by atoms with Gasteiger partial charge in [-0.15, -0.1) is 0 Å². The minimum atomic E-state index is -4.35. The van der Waals surface area contributed by atoms with Crippen LogP contribution in [-0.2, 0) is 22.7 Å². The number of halogens is 3. The van der Waals surface area contributed by atoms with Crippen LogP contribution < -0.4 is 5.32 Å². The van der Waals surface area contributed by atoms with Crippen LogP contribution in [0, 0.1) is 0 Å². The quantitative estimate of drug-likeness (QED) is 0.881. The van der Waals surface area contributed by atoms with Gasteiger partial charge in [-0.05, 0) is 43.7 Å². The summed E-state index contributed by atoms with van der Waals surface area (Å²) in [5.41, 5.74) is -0.316. The van der Waals surface area contributed by atoms with E-state index in [-0.39, 0.29) is 5.41 Å². The smallest absolute Gasteiger partial charge is 0.384 e. The first-order chi connectivity index (χ1) is 12.3. The van der Waals surface area contributed by atoms with Gasteiger partial charge in [-0.2, -0.15) is 18.3 Å². The third-order valence-corrected chi connectivity index (χ3v) is 4.76. The number of hydrogen-bond acceptors (Lipinski definition) is 4. The van der Waals surface area contributed by atoms with Crippen molar-refractivity contribution in [3.8, 4) is 5.69 Å². The third-order valence-electron chi connectivity index (χ3n) is 4.76. The highest BCUT2D eigenvalue weighted by Crippen LogP contribution is 2.33. The SMILES string of the molecule is COCCc1nc(C2(C)CCCNC2)n(-c2ccc(C(F)(F)F)cc2)n1. The van der Waals surface area contributed by atoms with Crippen LogP contribution in [0.15, 0.2) is 24.3 Å². The number of rotatable bonds is 5. The van der Waals surface area contributed by atoms with Crippen LogP contribution in [0.1, 0.15) is 37.0 Å². The molecule has 8 heteroatoms. The first kappa shape index (κ1) is 18.8. The molecule has 1 saturated heterocycles. The van der Waals surface area contributed by atoms with Crippen molar-refractivity contribution < 1.29 is 17.9 Å². The lowest BCUT2D eigenvalue weighted by molar-refractivity contribution is -0.137. The van der Waals surface area contributed by atoms with E-state index < -0.39 is 11.7 Å². The molecule has 5 nitrogen and oxygen atoms in total. The molecule has 1 aromatic heterocycles. The summed E-state index contributed by atoms with van der Waals surface area (Å²) in [5.74, 6) is 1.41. The zero-order chi connectivity index (χ0) is 18.8. The Labute approximate surface area is 150 Å². The Hall–Kier alpha value is -1.93. The van der Waals surface area contributed by atoms with Crippen molar-refractivity contribution >= 4 is 0 Å². The highest BCUT2D eigenvalue weighted by molar-refractivity contribution is 5.37. The highest BCUT2D eigenvalue weighted by atomic mass is 19.4. The summed E-state index contributed by atoms with van der Waals surface area (Å²) >= 11 is 0. The Morgan fingerprint density at radius 1 is 1.27 bits per heavy atom. The van der Waals surface area contributed by atoms with Crippen LogP contribution >= 0.6 is 0 Å². The van der Waals surface area contributed by atoms with Crippen LogP contribution in [0.2, 0.25) is 0 Å². The van der Waals surface area contributed by atoms with Crippen LogP contribution in [0.25, 0.3) is 5.69 Å². The standard InChI is InChI=1S/C18H23F3N4O/c1-17(9-3-10-22-12-17)16-23-15(8-11-26-2)24-25(16)14-6-4-13(5-7-14)18(19,20)21/h4-7,22H,3,8-12H2,1-2H3. The molecule has 2 aromatic rings. The summed E-state index contributed by atoms with van der Waals surface area (Å²) < 4.78 is 45.3. The Kier molecular flexibility index (Phi) is 5.34. The molecule has 1 N–H and O–H groups in total. The molecule has 0 bridgehead atoms. The normalized spacial score (nSPS) is 21.1. The zero-order valence-corrected chi connectivity index (χ0v) is 14.9. The van der Waals surface area contributed by atoms with Gasteiger partial charge in [0.05, 0.1) is 17.9 Å². The molecular formula is C18H23F3N4O. The molecule has 1 atom stereocenters. The monoisotopic (exact) mass is 368 g/mol. The summed E-state index contributed by atoms with van der Waals surface area (Å²) in [6.07, 6.45) is -1.83. The highest BCUT2D eigenvalue weighted by Gasteiger charge is 2.35. The van der Waals surface area contributed by atoms with E-state index in [1.54, 1.807) is 11.8 Å². The lowest BCUT2D eigenvalue weighted by atomic mass is 9.82. The van der Waals surface area contributed by atoms with Crippen molar-refractivity contribution in [2.45, 2.75) is 37.8 Å². The fourth-order valence-corrected chi connectivity index (χ4v) is 3.26. The molecule has 1 aliphatic rings. The van der Waals surface area contributed by atoms with Crippen molar-refractivity contribution in [1.29, 1.82) is 0 Å². The van der Waals surface area contributed by atoms with Gasteiger partial charge in [0.25, 0.3) is 0 Å². The average molecular weight is 368 g/mol. The molecule has 1 fully saturated rings. The van der Waals surface area contributed by atoms with Crippen molar-refractivity contribution in [1.82, 2.24) is 20.1 Å². The van der Waals surface area contributed by atoms with Crippen molar-refractivity contribution in [2.24, 2.45) is 0 Å². The van der Waals surface area contributed by atoms with Gasteiger partial charge < -0.3 is 10.1 Å². The number of hydrogen-bond donors (Lipinski definition) is 1. The van der Waals surface area contributed by atoms with Crippen LogP contribution in [-0.4, -0.2) is 41.6 Å². The number of nitrogens with zero attached hydrogens (tertiary/aromatic N) is 3. The largest absolute Gasteiger partial charge is 0.416 e. The first-order valence-corrected chi connectivity index (χ1v) is 8.67. The number of aromatic nitrogens is 3. The number of piperidine rings is 1. The Morgan fingerprint density at radius 3 is 2.58 bits per heavy atom. The summed E-state index contributed by atoms with van der Waals surface area (Å²) in [4.78, 5) is 4.70. The van der Waals surface area contributed by atoms with Gasteiger partial charge in [0, 0.05) is 25.5 Å². The van der Waals surface area contributed by atoms with Gasteiger partial charge in [-0.1, -0.05) is 6.92 Å². The van der Waals surface area contributed by atoms with Gasteiger partial charge in [-0.3, -0.25) is 0 Å². The molecule has 0 saturated carbocycles. The van der Waals surface area contributed by atoms with Gasteiger partial charge >= 0.3 is 6.18 Å². The second kappa shape index (κ2) is 7.36. The Balaban J connectivity index is 2.00. The second-order valence-corrected chi connectivity index (χ2v) is 6.89. The number of ether oxygens (including phenoxy) is 1. The number of methoxy groups -OCH3 is 1. The summed E-state index contributed by atoms with van der Waals surface area (Å²) in [6, 6.07) is 5.05. The molecule has 1 aliphatic heterocycles. The molecule has 26 heavy (non-hydrogen) atoms. The Bertz CT molecular complexity index is 734. The molecule has 0 amide bonds. The third kappa shape index (κ3) is 3.91. The van der Waals surface area contributed by atoms with Crippen molar-refractivity contribution in [2.75, 3.05) is 26.8 Å². The summed E-state index contributed by atoms with van der Waals surface area (Å²) in [7, 11) is 1.61. The van der Waals surface area contributed by atoms with E-state index in [4.69, 9.17) is 9.72 Å². The molecule has 2 heterocycles. The molecule has 142 valence electrons. The van der Waals surface area contributed by atoms with Crippen molar-refractivity contribution in [3.05, 3.63) is 41.5 Å². The van der Waals surface area contributed by atoms with E-state index in [0.29, 0.717) is 24.5 Å². The predicted octanol–water partition coefficient (Wildman–Crippen LogP) is 3.12. The number of alkyl halides is 3. The van der Waals surface area contributed by atoms with Gasteiger partial charge in [-0.25, -0.2) is 9.67 Å². The maximum atomic E-state index is 12.8.